The van der Waals surface area contributed by atoms with E-state index in [1.165, 1.54) is 50.6 Å². The number of methoxy groups -OCH3 is 2. The van der Waals surface area contributed by atoms with Crippen molar-refractivity contribution in [2.45, 2.75) is 25.3 Å². The van der Waals surface area contributed by atoms with Gasteiger partial charge in [-0.3, -0.25) is 14.3 Å². The van der Waals surface area contributed by atoms with Gasteiger partial charge in [-0.25, -0.2) is 23.1 Å². The zero-order valence-electron chi connectivity index (χ0n) is 21.6. The van der Waals surface area contributed by atoms with Gasteiger partial charge in [0.15, 0.2) is 11.5 Å². The highest BCUT2D eigenvalue weighted by Gasteiger charge is 2.16. The Balaban J connectivity index is 1.46. The van der Waals surface area contributed by atoms with Crippen LogP contribution in [0.2, 0.25) is 0 Å². The molecule has 2 N–H and O–H groups in total. The summed E-state index contributed by atoms with van der Waals surface area (Å²) in [7, 11) is -0.872. The van der Waals surface area contributed by atoms with E-state index < -0.39 is 21.5 Å². The Morgan fingerprint density at radius 3 is 2.31 bits per heavy atom. The van der Waals surface area contributed by atoms with Gasteiger partial charge in [-0.2, -0.15) is 5.10 Å². The number of benzene rings is 2. The molecule has 202 valence electrons. The van der Waals surface area contributed by atoms with E-state index in [4.69, 9.17) is 9.47 Å². The molecule has 0 unspecified atom stereocenters. The summed E-state index contributed by atoms with van der Waals surface area (Å²) in [4.78, 5) is 33.2. The van der Waals surface area contributed by atoms with Crippen LogP contribution in [-0.4, -0.2) is 48.3 Å². The van der Waals surface area contributed by atoms with Crippen LogP contribution in [0.3, 0.4) is 0 Å². The van der Waals surface area contributed by atoms with Crippen LogP contribution < -0.4 is 25.1 Å². The molecule has 0 fully saturated rings. The molecule has 0 bridgehead atoms. The van der Waals surface area contributed by atoms with Crippen LogP contribution in [0.15, 0.2) is 70.4 Å². The van der Waals surface area contributed by atoms with Crippen LogP contribution in [0.4, 0.5) is 11.5 Å². The lowest BCUT2D eigenvalue weighted by molar-refractivity contribution is -0.117. The summed E-state index contributed by atoms with van der Waals surface area (Å²) in [5.41, 5.74) is 1.63. The molecule has 0 spiro atoms. The lowest BCUT2D eigenvalue weighted by Crippen LogP contribution is -2.29. The van der Waals surface area contributed by atoms with Gasteiger partial charge in [0.05, 0.1) is 24.8 Å². The molecular formula is C26H26N6O6S. The third kappa shape index (κ3) is 6.57. The number of sulfonamides is 1. The second-order valence-electron chi connectivity index (χ2n) is 8.40. The molecule has 2 aromatic heterocycles. The number of carbonyl (C=O) groups is 1. The van der Waals surface area contributed by atoms with Crippen molar-refractivity contribution in [1.82, 2.24) is 19.7 Å². The van der Waals surface area contributed by atoms with E-state index in [0.717, 1.165) is 4.68 Å². The number of nitrogens with zero attached hydrogens (tertiary/aromatic N) is 4. The van der Waals surface area contributed by atoms with Crippen LogP contribution in [0, 0.1) is 13.8 Å². The molecule has 4 rings (SSSR count). The van der Waals surface area contributed by atoms with Gasteiger partial charge in [-0.05, 0) is 62.4 Å². The van der Waals surface area contributed by atoms with Gasteiger partial charge in [0.2, 0.25) is 5.91 Å². The first-order chi connectivity index (χ1) is 18.6. The molecular weight excluding hydrogens is 524 g/mol. The molecule has 0 aliphatic heterocycles. The smallest absolute Gasteiger partial charge is 0.267 e. The van der Waals surface area contributed by atoms with E-state index in [0.29, 0.717) is 40.0 Å². The van der Waals surface area contributed by atoms with E-state index in [9.17, 15) is 18.0 Å². The fourth-order valence-electron chi connectivity index (χ4n) is 3.73. The minimum atomic E-state index is -3.91. The highest BCUT2D eigenvalue weighted by molar-refractivity contribution is 7.92. The molecule has 0 aliphatic rings. The molecule has 0 atom stereocenters. The monoisotopic (exact) mass is 550 g/mol. The number of amides is 1. The number of rotatable bonds is 9. The lowest BCUT2D eigenvalue weighted by Gasteiger charge is -2.11. The molecule has 2 heterocycles. The van der Waals surface area contributed by atoms with Crippen molar-refractivity contribution in [3.8, 4) is 22.8 Å². The Bertz CT molecular complexity index is 1670. The SMILES string of the molecule is COc1ccc(-c2ccc(=O)n(CC(=O)Nc3ccc(S(=O)(=O)Nc4cc(C)nc(C)n4)cc3)n2)cc1OC. The minimum absolute atomic E-state index is 0.0186. The molecule has 12 nitrogen and oxygen atoms in total. The van der Waals surface area contributed by atoms with Gasteiger partial charge >= 0.3 is 0 Å². The van der Waals surface area contributed by atoms with Crippen LogP contribution in [0.1, 0.15) is 11.5 Å². The third-order valence-electron chi connectivity index (χ3n) is 5.49. The summed E-state index contributed by atoms with van der Waals surface area (Å²) in [6.07, 6.45) is 0. The highest BCUT2D eigenvalue weighted by Crippen LogP contribution is 2.31. The molecule has 0 radical (unpaired) electrons. The standard InChI is InChI=1S/C26H26N6O6S/c1-16-13-24(28-17(2)27-16)31-39(35,36)20-8-6-19(7-9-20)29-25(33)15-32-26(34)12-10-21(30-32)18-5-11-22(37-3)23(14-18)38-4/h5-14H,15H2,1-4H3,(H,29,33)(H,27,28,31). The molecule has 39 heavy (non-hydrogen) atoms. The summed E-state index contributed by atoms with van der Waals surface area (Å²) < 4.78 is 39.5. The topological polar surface area (TPSA) is 154 Å². The number of carbonyl (C=O) groups excluding carboxylic acids is 1. The normalized spacial score (nSPS) is 11.1. The van der Waals surface area contributed by atoms with E-state index >= 15 is 0 Å². The van der Waals surface area contributed by atoms with E-state index in [-0.39, 0.29) is 17.3 Å². The van der Waals surface area contributed by atoms with Gasteiger partial charge in [0, 0.05) is 29.1 Å². The predicted molar refractivity (Wildman–Crippen MR) is 144 cm³/mol. The first kappa shape index (κ1) is 27.3. The fourth-order valence-corrected chi connectivity index (χ4v) is 4.72. The Kier molecular flexibility index (Phi) is 7.91. The largest absolute Gasteiger partial charge is 0.493 e. The van der Waals surface area contributed by atoms with E-state index in [2.05, 4.69) is 25.1 Å². The van der Waals surface area contributed by atoms with Gasteiger partial charge < -0.3 is 14.8 Å². The quantitative estimate of drug-likeness (QED) is 0.320. The van der Waals surface area contributed by atoms with E-state index in [1.54, 1.807) is 38.1 Å². The third-order valence-corrected chi connectivity index (χ3v) is 6.86. The molecule has 2 aromatic carbocycles. The highest BCUT2D eigenvalue weighted by atomic mass is 32.2. The summed E-state index contributed by atoms with van der Waals surface area (Å²) >= 11 is 0. The average Bonchev–Trinajstić information content (AvgIpc) is 2.89. The number of aryl methyl sites for hydroxylation is 2. The van der Waals surface area contributed by atoms with Crippen molar-refractivity contribution < 1.29 is 22.7 Å². The molecule has 1 amide bonds. The van der Waals surface area contributed by atoms with Crippen LogP contribution in [-0.2, 0) is 21.4 Å². The second kappa shape index (κ2) is 11.3. The molecule has 0 aliphatic carbocycles. The summed E-state index contributed by atoms with van der Waals surface area (Å²) in [6.45, 7) is 3.05. The summed E-state index contributed by atoms with van der Waals surface area (Å²) in [5.74, 6) is 1.12. The summed E-state index contributed by atoms with van der Waals surface area (Å²) in [6, 6.07) is 15.2. The van der Waals surface area contributed by atoms with Crippen molar-refractivity contribution in [1.29, 1.82) is 0 Å². The Labute approximate surface area is 224 Å². The Morgan fingerprint density at radius 2 is 1.64 bits per heavy atom. The molecule has 0 saturated carbocycles. The van der Waals surface area contributed by atoms with Gasteiger partial charge in [0.25, 0.3) is 15.6 Å². The lowest BCUT2D eigenvalue weighted by atomic mass is 10.1. The van der Waals surface area contributed by atoms with Gasteiger partial charge in [-0.15, -0.1) is 0 Å². The van der Waals surface area contributed by atoms with Crippen molar-refractivity contribution >= 4 is 27.4 Å². The van der Waals surface area contributed by atoms with Gasteiger partial charge in [0.1, 0.15) is 18.2 Å². The minimum Gasteiger partial charge on any atom is -0.493 e. The number of nitrogens with one attached hydrogen (secondary N) is 2. The molecule has 4 aromatic rings. The maximum atomic E-state index is 12.7. The predicted octanol–water partition coefficient (Wildman–Crippen LogP) is 2.77. The molecule has 0 saturated heterocycles. The number of hydrogen-bond donors (Lipinski definition) is 2. The number of aromatic nitrogens is 4. The first-order valence-electron chi connectivity index (χ1n) is 11.6. The van der Waals surface area contributed by atoms with E-state index in [1.807, 2.05) is 0 Å². The van der Waals surface area contributed by atoms with Crippen molar-refractivity contribution in [2.24, 2.45) is 0 Å². The number of hydrogen-bond acceptors (Lipinski definition) is 9. The Hall–Kier alpha value is -4.78. The maximum absolute atomic E-state index is 12.7. The Morgan fingerprint density at radius 1 is 0.923 bits per heavy atom. The van der Waals surface area contributed by atoms with Crippen molar-refractivity contribution in [3.63, 3.8) is 0 Å². The first-order valence-corrected chi connectivity index (χ1v) is 13.1. The second-order valence-corrected chi connectivity index (χ2v) is 10.1. The van der Waals surface area contributed by atoms with Crippen LogP contribution in [0.5, 0.6) is 11.5 Å². The van der Waals surface area contributed by atoms with Gasteiger partial charge in [-0.1, -0.05) is 0 Å². The average molecular weight is 551 g/mol. The summed E-state index contributed by atoms with van der Waals surface area (Å²) in [5, 5.41) is 6.95. The maximum Gasteiger partial charge on any atom is 0.267 e. The zero-order valence-corrected chi connectivity index (χ0v) is 22.4. The van der Waals surface area contributed by atoms with Crippen molar-refractivity contribution in [3.05, 3.63) is 82.5 Å². The van der Waals surface area contributed by atoms with Crippen LogP contribution >= 0.6 is 0 Å². The van der Waals surface area contributed by atoms with Crippen LogP contribution in [0.25, 0.3) is 11.3 Å². The zero-order chi connectivity index (χ0) is 28.2. The number of anilines is 2. The fraction of sp³-hybridized carbons (Fsp3) is 0.192. The number of ether oxygens (including phenoxy) is 2. The van der Waals surface area contributed by atoms with Crippen molar-refractivity contribution in [2.75, 3.05) is 24.3 Å². The molecule has 13 heteroatoms.